The highest BCUT2D eigenvalue weighted by Gasteiger charge is 2.12. The number of carbonyl (C=O) groups excluding carboxylic acids is 1. The van der Waals surface area contributed by atoms with Gasteiger partial charge in [-0.05, 0) is 42.0 Å². The number of para-hydroxylation sites is 1. The molecule has 144 valence electrons. The van der Waals surface area contributed by atoms with Gasteiger partial charge in [-0.15, -0.1) is 0 Å². The maximum absolute atomic E-state index is 14.4. The number of aromatic amines is 1. The number of anilines is 2. The summed E-state index contributed by atoms with van der Waals surface area (Å²) in [7, 11) is 0. The molecular weight excluding hydrogens is 374 g/mol. The van der Waals surface area contributed by atoms with Crippen molar-refractivity contribution >= 4 is 40.5 Å². The third-order valence-corrected chi connectivity index (χ3v) is 4.26. The number of hydrogen-bond acceptors (Lipinski definition) is 2. The number of carbonyl (C=O) groups is 1. The molecule has 5 nitrogen and oxygen atoms in total. The summed E-state index contributed by atoms with van der Waals surface area (Å²) in [4.78, 5) is 12.2. The Kier molecular flexibility index (Phi) is 5.03. The van der Waals surface area contributed by atoms with Crippen LogP contribution in [0.25, 0.3) is 23.1 Å². The van der Waals surface area contributed by atoms with Gasteiger partial charge in [0, 0.05) is 17.1 Å². The van der Waals surface area contributed by atoms with Crippen molar-refractivity contribution in [1.82, 2.24) is 10.2 Å². The summed E-state index contributed by atoms with van der Waals surface area (Å²) in [6.45, 7) is 0. The van der Waals surface area contributed by atoms with Gasteiger partial charge in [-0.1, -0.05) is 36.4 Å². The summed E-state index contributed by atoms with van der Waals surface area (Å²) in [6.07, 6.45) is 3.51. The Bertz CT molecular complexity index is 1180. The number of fused-ring (bicyclic) bond motifs is 1. The number of hydrogen-bond donors (Lipinski definition) is 3. The van der Waals surface area contributed by atoms with E-state index in [1.807, 2.05) is 6.07 Å². The van der Waals surface area contributed by atoms with Crippen LogP contribution >= 0.6 is 0 Å². The highest BCUT2D eigenvalue weighted by atomic mass is 19.1. The van der Waals surface area contributed by atoms with Crippen LogP contribution in [0.5, 0.6) is 0 Å². The molecule has 29 heavy (non-hydrogen) atoms. The average molecular weight is 390 g/mol. The fourth-order valence-electron chi connectivity index (χ4n) is 2.84. The van der Waals surface area contributed by atoms with Gasteiger partial charge in [0.05, 0.1) is 16.9 Å². The summed E-state index contributed by atoms with van der Waals surface area (Å²) in [6, 6.07) is 17.1. The third-order valence-electron chi connectivity index (χ3n) is 4.26. The van der Waals surface area contributed by atoms with Gasteiger partial charge in [0.1, 0.15) is 11.6 Å². The number of aromatic nitrogens is 2. The van der Waals surface area contributed by atoms with Gasteiger partial charge >= 0.3 is 6.03 Å². The molecule has 0 unspecified atom stereocenters. The minimum absolute atomic E-state index is 0.0313. The van der Waals surface area contributed by atoms with Crippen LogP contribution in [-0.4, -0.2) is 16.2 Å². The number of rotatable bonds is 4. The van der Waals surface area contributed by atoms with Crippen molar-refractivity contribution in [1.29, 1.82) is 0 Å². The van der Waals surface area contributed by atoms with Crippen molar-refractivity contribution in [3.8, 4) is 0 Å². The Morgan fingerprint density at radius 3 is 2.45 bits per heavy atom. The fourth-order valence-corrected chi connectivity index (χ4v) is 2.84. The lowest BCUT2D eigenvalue weighted by Gasteiger charge is -2.08. The number of halogens is 2. The second-order valence-corrected chi connectivity index (χ2v) is 6.32. The Hall–Kier alpha value is -4.00. The maximum Gasteiger partial charge on any atom is 0.323 e. The Labute approximate surface area is 165 Å². The minimum atomic E-state index is -0.585. The van der Waals surface area contributed by atoms with E-state index in [0.717, 1.165) is 5.56 Å². The Morgan fingerprint density at radius 1 is 0.931 bits per heavy atom. The van der Waals surface area contributed by atoms with Crippen LogP contribution in [0.15, 0.2) is 66.7 Å². The lowest BCUT2D eigenvalue weighted by molar-refractivity contribution is 0.262. The Morgan fingerprint density at radius 2 is 1.69 bits per heavy atom. The first-order valence-corrected chi connectivity index (χ1v) is 8.83. The predicted octanol–water partition coefficient (Wildman–Crippen LogP) is 5.66. The zero-order chi connectivity index (χ0) is 20.2. The zero-order valence-electron chi connectivity index (χ0n) is 15.1. The highest BCUT2D eigenvalue weighted by Crippen LogP contribution is 2.25. The van der Waals surface area contributed by atoms with Crippen molar-refractivity contribution in [3.05, 3.63) is 89.6 Å². The van der Waals surface area contributed by atoms with E-state index < -0.39 is 11.8 Å². The van der Waals surface area contributed by atoms with E-state index in [1.165, 1.54) is 24.3 Å². The SMILES string of the molecule is O=C(Nc1ccccc1)Nc1cc2c(/C=C/c3ccc(F)cc3)n[nH]c2cc1F. The summed E-state index contributed by atoms with van der Waals surface area (Å²) in [5.74, 6) is -0.897. The van der Waals surface area contributed by atoms with Crippen molar-refractivity contribution in [3.63, 3.8) is 0 Å². The fraction of sp³-hybridized carbons (Fsp3) is 0. The van der Waals surface area contributed by atoms with Crippen LogP contribution in [0.4, 0.5) is 25.0 Å². The number of urea groups is 1. The monoisotopic (exact) mass is 390 g/mol. The third kappa shape index (κ3) is 4.30. The summed E-state index contributed by atoms with van der Waals surface area (Å²) in [5.41, 5.74) is 2.48. The summed E-state index contributed by atoms with van der Waals surface area (Å²) >= 11 is 0. The standard InChI is InChI=1S/C22H16F2N4O/c23-15-9-6-14(7-10-15)8-11-19-17-12-21(18(24)13-20(17)28-27-19)26-22(29)25-16-4-2-1-3-5-16/h1-13H,(H,27,28)(H2,25,26,29)/b11-8+. The quantitative estimate of drug-likeness (QED) is 0.421. The van der Waals surface area contributed by atoms with Crippen LogP contribution in [0.2, 0.25) is 0 Å². The first-order valence-electron chi connectivity index (χ1n) is 8.83. The molecule has 0 aliphatic carbocycles. The molecule has 0 aliphatic heterocycles. The van der Waals surface area contributed by atoms with Gasteiger partial charge in [-0.2, -0.15) is 5.10 Å². The number of amides is 2. The molecule has 0 spiro atoms. The molecule has 0 aliphatic rings. The summed E-state index contributed by atoms with van der Waals surface area (Å²) < 4.78 is 27.4. The van der Waals surface area contributed by atoms with E-state index >= 15 is 0 Å². The molecule has 3 N–H and O–H groups in total. The topological polar surface area (TPSA) is 69.8 Å². The van der Waals surface area contributed by atoms with Crippen LogP contribution in [0.1, 0.15) is 11.3 Å². The van der Waals surface area contributed by atoms with E-state index in [-0.39, 0.29) is 11.5 Å². The van der Waals surface area contributed by atoms with Crippen LogP contribution in [-0.2, 0) is 0 Å². The number of benzene rings is 3. The van der Waals surface area contributed by atoms with Gasteiger partial charge in [0.2, 0.25) is 0 Å². The molecule has 4 aromatic rings. The minimum Gasteiger partial charge on any atom is -0.308 e. The molecule has 0 atom stereocenters. The smallest absolute Gasteiger partial charge is 0.308 e. The molecule has 0 radical (unpaired) electrons. The maximum atomic E-state index is 14.4. The zero-order valence-corrected chi connectivity index (χ0v) is 15.1. The number of H-pyrrole nitrogens is 1. The van der Waals surface area contributed by atoms with Crippen LogP contribution in [0.3, 0.4) is 0 Å². The number of nitrogens with zero attached hydrogens (tertiary/aromatic N) is 1. The first-order chi connectivity index (χ1) is 14.1. The molecule has 2 amide bonds. The van der Waals surface area contributed by atoms with Gasteiger partial charge < -0.3 is 10.6 Å². The average Bonchev–Trinajstić information content (AvgIpc) is 3.10. The van der Waals surface area contributed by atoms with Gasteiger partial charge in [0.15, 0.2) is 0 Å². The molecular formula is C22H16F2N4O. The second-order valence-electron chi connectivity index (χ2n) is 6.32. The molecule has 0 saturated heterocycles. The molecule has 0 fully saturated rings. The van der Waals surface area contributed by atoms with Crippen molar-refractivity contribution < 1.29 is 13.6 Å². The largest absolute Gasteiger partial charge is 0.323 e. The van der Waals surface area contributed by atoms with E-state index in [1.54, 1.807) is 48.6 Å². The van der Waals surface area contributed by atoms with Crippen LogP contribution < -0.4 is 10.6 Å². The van der Waals surface area contributed by atoms with Gasteiger partial charge in [0.25, 0.3) is 0 Å². The lowest BCUT2D eigenvalue weighted by atomic mass is 10.1. The van der Waals surface area contributed by atoms with Crippen molar-refractivity contribution in [2.24, 2.45) is 0 Å². The molecule has 1 aromatic heterocycles. The molecule has 0 bridgehead atoms. The first kappa shape index (κ1) is 18.4. The van der Waals surface area contributed by atoms with E-state index in [4.69, 9.17) is 0 Å². The second kappa shape index (κ2) is 7.93. The van der Waals surface area contributed by atoms with Crippen molar-refractivity contribution in [2.75, 3.05) is 10.6 Å². The molecule has 1 heterocycles. The predicted molar refractivity (Wildman–Crippen MR) is 110 cm³/mol. The lowest BCUT2D eigenvalue weighted by Crippen LogP contribution is -2.20. The molecule has 0 saturated carbocycles. The normalized spacial score (nSPS) is 11.1. The summed E-state index contributed by atoms with van der Waals surface area (Å²) in [5, 5.41) is 12.7. The Balaban J connectivity index is 1.57. The van der Waals surface area contributed by atoms with Gasteiger partial charge in [-0.25, -0.2) is 13.6 Å². The number of nitrogens with one attached hydrogen (secondary N) is 3. The van der Waals surface area contributed by atoms with Crippen LogP contribution in [0, 0.1) is 11.6 Å². The molecule has 4 rings (SSSR count). The van der Waals surface area contributed by atoms with Crippen molar-refractivity contribution in [2.45, 2.75) is 0 Å². The molecule has 3 aromatic carbocycles. The van der Waals surface area contributed by atoms with Gasteiger partial charge in [-0.3, -0.25) is 5.10 Å². The highest BCUT2D eigenvalue weighted by molar-refractivity contribution is 6.01. The van der Waals surface area contributed by atoms with E-state index in [9.17, 15) is 13.6 Å². The molecule has 7 heteroatoms. The van der Waals surface area contributed by atoms with E-state index in [0.29, 0.717) is 22.3 Å². The van der Waals surface area contributed by atoms with E-state index in [2.05, 4.69) is 20.8 Å².